The quantitative estimate of drug-likeness (QED) is 0.860. The molecule has 0 aliphatic carbocycles. The Kier molecular flexibility index (Phi) is 3.82. The lowest BCUT2D eigenvalue weighted by molar-refractivity contribution is -0.115. The molecule has 0 heterocycles. The van der Waals surface area contributed by atoms with E-state index in [-0.39, 0.29) is 17.0 Å². The molecule has 94 valence electrons. The van der Waals surface area contributed by atoms with Gasteiger partial charge in [0.25, 0.3) is 0 Å². The number of ether oxygens (including phenoxy) is 1. The van der Waals surface area contributed by atoms with Crippen LogP contribution in [0.1, 0.15) is 10.4 Å². The van der Waals surface area contributed by atoms with E-state index < -0.39 is 18.7 Å². The molecule has 0 aromatic heterocycles. The zero-order valence-electron chi connectivity index (χ0n) is 8.84. The second-order valence-electron chi connectivity index (χ2n) is 3.19. The first kappa shape index (κ1) is 13.1. The Morgan fingerprint density at radius 1 is 1.47 bits per heavy atom. The summed E-state index contributed by atoms with van der Waals surface area (Å²) in [5.74, 6) is -1.03. The van der Waals surface area contributed by atoms with Crippen LogP contribution in [0.5, 0.6) is 5.75 Å². The molecule has 0 saturated heterocycles. The number of benzene rings is 1. The molecule has 0 bridgehead atoms. The first-order valence-electron chi connectivity index (χ1n) is 4.55. The number of rotatable bonds is 4. The van der Waals surface area contributed by atoms with Crippen molar-refractivity contribution in [3.8, 4) is 5.75 Å². The summed E-state index contributed by atoms with van der Waals surface area (Å²) >= 11 is 0. The maximum atomic E-state index is 12.0. The molecule has 0 atom stereocenters. The van der Waals surface area contributed by atoms with Crippen molar-refractivity contribution in [1.82, 2.24) is 0 Å². The summed E-state index contributed by atoms with van der Waals surface area (Å²) < 4.78 is 40.9. The fourth-order valence-corrected chi connectivity index (χ4v) is 1.18. The van der Waals surface area contributed by atoms with Gasteiger partial charge in [0.15, 0.2) is 0 Å². The molecular weight excluding hydrogens is 239 g/mol. The second-order valence-corrected chi connectivity index (χ2v) is 3.19. The van der Waals surface area contributed by atoms with Crippen LogP contribution in [-0.4, -0.2) is 30.9 Å². The Morgan fingerprint density at radius 3 is 2.59 bits per heavy atom. The van der Waals surface area contributed by atoms with Crippen LogP contribution in [0.2, 0.25) is 0 Å². The van der Waals surface area contributed by atoms with Crippen LogP contribution in [0, 0.1) is 0 Å². The molecule has 2 N–H and O–H groups in total. The maximum Gasteiger partial charge on any atom is 0.405 e. The number of alkyl halides is 3. The number of anilines is 1. The van der Waals surface area contributed by atoms with Crippen LogP contribution >= 0.6 is 0 Å². The van der Waals surface area contributed by atoms with Crippen molar-refractivity contribution in [1.29, 1.82) is 0 Å². The van der Waals surface area contributed by atoms with E-state index in [1.54, 1.807) is 0 Å². The van der Waals surface area contributed by atoms with Gasteiger partial charge in [0.1, 0.15) is 12.3 Å². The van der Waals surface area contributed by atoms with Crippen LogP contribution in [-0.2, 0) is 0 Å². The molecule has 0 fully saturated rings. The van der Waals surface area contributed by atoms with Crippen molar-refractivity contribution in [2.45, 2.75) is 6.18 Å². The maximum absolute atomic E-state index is 12.0. The predicted octanol–water partition coefficient (Wildman–Crippen LogP) is 2.37. The molecule has 17 heavy (non-hydrogen) atoms. The highest BCUT2D eigenvalue weighted by Gasteiger charge is 2.27. The van der Waals surface area contributed by atoms with E-state index in [2.05, 4.69) is 0 Å². The molecule has 1 aromatic rings. The average molecular weight is 249 g/mol. The molecule has 7 heteroatoms. The standard InChI is InChI=1S/C10H10F3NO3/c1-17-6-2-3-7(9(15)16)8(4-6)14-5-10(11,12)13/h2-4,14H,5H2,1H3,(H,15,16). The second kappa shape index (κ2) is 4.94. The monoisotopic (exact) mass is 249 g/mol. The van der Waals surface area contributed by atoms with Gasteiger partial charge in [0.2, 0.25) is 0 Å². The molecule has 1 rings (SSSR count). The minimum Gasteiger partial charge on any atom is -0.497 e. The number of aromatic carboxylic acids is 1. The van der Waals surface area contributed by atoms with E-state index in [0.717, 1.165) is 0 Å². The number of hydrogen-bond acceptors (Lipinski definition) is 3. The Balaban J connectivity index is 2.97. The molecule has 0 spiro atoms. The van der Waals surface area contributed by atoms with Crippen LogP contribution in [0.3, 0.4) is 0 Å². The third-order valence-corrected chi connectivity index (χ3v) is 1.94. The Bertz CT molecular complexity index is 418. The molecule has 0 unspecified atom stereocenters. The molecule has 0 aliphatic rings. The lowest BCUT2D eigenvalue weighted by Gasteiger charge is -2.12. The summed E-state index contributed by atoms with van der Waals surface area (Å²) in [6.07, 6.45) is -4.42. The summed E-state index contributed by atoms with van der Waals surface area (Å²) in [5, 5.41) is 10.8. The number of carboxylic acids is 1. The van der Waals surface area contributed by atoms with E-state index in [9.17, 15) is 18.0 Å². The summed E-state index contributed by atoms with van der Waals surface area (Å²) in [5.41, 5.74) is -0.371. The first-order valence-corrected chi connectivity index (χ1v) is 4.55. The molecule has 4 nitrogen and oxygen atoms in total. The van der Waals surface area contributed by atoms with Gasteiger partial charge >= 0.3 is 12.1 Å². The van der Waals surface area contributed by atoms with Crippen molar-refractivity contribution in [3.63, 3.8) is 0 Å². The van der Waals surface area contributed by atoms with Gasteiger partial charge in [-0.15, -0.1) is 0 Å². The number of nitrogens with one attached hydrogen (secondary N) is 1. The predicted molar refractivity (Wildman–Crippen MR) is 54.5 cm³/mol. The van der Waals surface area contributed by atoms with Gasteiger partial charge in [0.05, 0.1) is 18.4 Å². The summed E-state index contributed by atoms with van der Waals surface area (Å²) in [6.45, 7) is -1.31. The number of carboxylic acid groups (broad SMARTS) is 1. The van der Waals surface area contributed by atoms with E-state index >= 15 is 0 Å². The lowest BCUT2D eigenvalue weighted by Crippen LogP contribution is -2.22. The molecule has 0 saturated carbocycles. The van der Waals surface area contributed by atoms with E-state index in [0.29, 0.717) is 0 Å². The van der Waals surface area contributed by atoms with Gasteiger partial charge in [-0.1, -0.05) is 0 Å². The number of methoxy groups -OCH3 is 1. The highest BCUT2D eigenvalue weighted by Crippen LogP contribution is 2.24. The van der Waals surface area contributed by atoms with Gasteiger partial charge in [-0.25, -0.2) is 4.79 Å². The topological polar surface area (TPSA) is 58.6 Å². The summed E-state index contributed by atoms with van der Waals surface area (Å²) in [4.78, 5) is 10.8. The smallest absolute Gasteiger partial charge is 0.405 e. The van der Waals surface area contributed by atoms with Gasteiger partial charge in [-0.05, 0) is 12.1 Å². The van der Waals surface area contributed by atoms with Crippen LogP contribution in [0.4, 0.5) is 18.9 Å². The minimum atomic E-state index is -4.42. The van der Waals surface area contributed by atoms with Crippen LogP contribution in [0.15, 0.2) is 18.2 Å². The van der Waals surface area contributed by atoms with Gasteiger partial charge in [-0.2, -0.15) is 13.2 Å². The van der Waals surface area contributed by atoms with E-state index in [4.69, 9.17) is 9.84 Å². The molecule has 0 radical (unpaired) electrons. The third-order valence-electron chi connectivity index (χ3n) is 1.94. The largest absolute Gasteiger partial charge is 0.497 e. The summed E-state index contributed by atoms with van der Waals surface area (Å²) in [6, 6.07) is 3.75. The number of carbonyl (C=O) groups is 1. The molecule has 1 aromatic carbocycles. The van der Waals surface area contributed by atoms with Crippen molar-refractivity contribution >= 4 is 11.7 Å². The average Bonchev–Trinajstić information content (AvgIpc) is 2.24. The zero-order chi connectivity index (χ0) is 13.1. The molecular formula is C10H10F3NO3. The van der Waals surface area contributed by atoms with Crippen molar-refractivity contribution in [3.05, 3.63) is 23.8 Å². The Morgan fingerprint density at radius 2 is 2.12 bits per heavy atom. The SMILES string of the molecule is COc1ccc(C(=O)O)c(NCC(F)(F)F)c1. The highest BCUT2D eigenvalue weighted by atomic mass is 19.4. The van der Waals surface area contributed by atoms with Gasteiger partial charge in [0, 0.05) is 6.07 Å². The number of hydrogen-bond donors (Lipinski definition) is 2. The Hall–Kier alpha value is -1.92. The van der Waals surface area contributed by atoms with E-state index in [1.807, 2.05) is 5.32 Å². The van der Waals surface area contributed by atoms with Crippen molar-refractivity contribution < 1.29 is 27.8 Å². The van der Waals surface area contributed by atoms with Crippen LogP contribution in [0.25, 0.3) is 0 Å². The fourth-order valence-electron chi connectivity index (χ4n) is 1.18. The summed E-state index contributed by atoms with van der Waals surface area (Å²) in [7, 11) is 1.34. The minimum absolute atomic E-state index is 0.130. The van der Waals surface area contributed by atoms with Crippen molar-refractivity contribution in [2.24, 2.45) is 0 Å². The molecule has 0 amide bonds. The third kappa shape index (κ3) is 3.86. The van der Waals surface area contributed by atoms with Gasteiger partial charge < -0.3 is 15.2 Å². The lowest BCUT2D eigenvalue weighted by atomic mass is 10.1. The Labute approximate surface area is 95.0 Å². The highest BCUT2D eigenvalue weighted by molar-refractivity contribution is 5.94. The van der Waals surface area contributed by atoms with Crippen molar-refractivity contribution in [2.75, 3.05) is 19.0 Å². The number of halogens is 3. The van der Waals surface area contributed by atoms with E-state index in [1.165, 1.54) is 25.3 Å². The van der Waals surface area contributed by atoms with Gasteiger partial charge in [-0.3, -0.25) is 0 Å². The zero-order valence-corrected chi connectivity index (χ0v) is 8.84. The first-order chi connectivity index (χ1) is 7.83. The fraction of sp³-hybridized carbons (Fsp3) is 0.300. The molecule has 0 aliphatic heterocycles. The van der Waals surface area contributed by atoms with Crippen LogP contribution < -0.4 is 10.1 Å². The normalized spacial score (nSPS) is 11.1.